The van der Waals surface area contributed by atoms with Gasteiger partial charge in [-0.2, -0.15) is 21.6 Å². The Morgan fingerprint density at radius 3 is 2.47 bits per heavy atom. The Labute approximate surface area is 250 Å². The number of thioether (sulfide) groups is 1. The van der Waals surface area contributed by atoms with E-state index in [1.54, 1.807) is 41.0 Å². The van der Waals surface area contributed by atoms with Crippen LogP contribution in [0.5, 0.6) is 17.2 Å². The van der Waals surface area contributed by atoms with Gasteiger partial charge in [-0.05, 0) is 35.6 Å². The van der Waals surface area contributed by atoms with Crippen molar-refractivity contribution in [1.29, 1.82) is 0 Å². The van der Waals surface area contributed by atoms with Crippen LogP contribution in [0.25, 0.3) is 27.4 Å². The van der Waals surface area contributed by atoms with Gasteiger partial charge in [0.2, 0.25) is 4.96 Å². The molecule has 6 rings (SSSR count). The lowest BCUT2D eigenvalue weighted by Gasteiger charge is -2.13. The molecule has 0 saturated heterocycles. The zero-order valence-corrected chi connectivity index (χ0v) is 24.5. The molecule has 222 valence electrons. The summed E-state index contributed by atoms with van der Waals surface area (Å²) in [5.74, 6) is 0.277. The quantitative estimate of drug-likeness (QED) is 0.0860. The maximum absolute atomic E-state index is 13.1. The maximum Gasteiger partial charge on any atom is 0.534 e. The summed E-state index contributed by atoms with van der Waals surface area (Å²) >= 11 is 2.85. The topological polar surface area (TPSA) is 105 Å². The van der Waals surface area contributed by atoms with Gasteiger partial charge in [-0.1, -0.05) is 65.6 Å². The van der Waals surface area contributed by atoms with E-state index in [4.69, 9.17) is 13.9 Å². The van der Waals surface area contributed by atoms with Crippen LogP contribution in [0, 0.1) is 0 Å². The number of nitrogens with zero attached hydrogens (tertiary/aromatic N) is 3. The van der Waals surface area contributed by atoms with Crippen LogP contribution in [0.15, 0.2) is 87.8 Å². The lowest BCUT2D eigenvalue weighted by molar-refractivity contribution is -0.0500. The first kappa shape index (κ1) is 28.9. The summed E-state index contributed by atoms with van der Waals surface area (Å²) in [6, 6.07) is 20.5. The highest BCUT2D eigenvalue weighted by atomic mass is 32.2. The molecule has 0 aliphatic carbocycles. The Hall–Kier alpha value is -4.21. The number of rotatable bonds is 10. The summed E-state index contributed by atoms with van der Waals surface area (Å²) < 4.78 is 87.2. The molecular formula is C28H20F3N3O6S3. The molecule has 0 atom stereocenters. The van der Waals surface area contributed by atoms with Gasteiger partial charge in [0.1, 0.15) is 41.7 Å². The highest BCUT2D eigenvalue weighted by Crippen LogP contribution is 2.39. The van der Waals surface area contributed by atoms with Gasteiger partial charge in [0, 0.05) is 12.1 Å². The first-order valence-corrected chi connectivity index (χ1v) is 15.9. The first-order chi connectivity index (χ1) is 20.6. The summed E-state index contributed by atoms with van der Waals surface area (Å²) in [4.78, 5) is 5.13. The minimum absolute atomic E-state index is 0.0186. The molecule has 0 spiro atoms. The molecule has 0 aliphatic heterocycles. The average Bonchev–Trinajstić information content (AvgIpc) is 3.68. The van der Waals surface area contributed by atoms with E-state index in [9.17, 15) is 21.6 Å². The lowest BCUT2D eigenvalue weighted by atomic mass is 10.2. The number of ether oxygens (including phenoxy) is 2. The zero-order valence-electron chi connectivity index (χ0n) is 22.1. The van der Waals surface area contributed by atoms with Gasteiger partial charge in [0.05, 0.1) is 11.6 Å². The van der Waals surface area contributed by atoms with Crippen molar-refractivity contribution >= 4 is 49.1 Å². The van der Waals surface area contributed by atoms with E-state index in [-0.39, 0.29) is 23.7 Å². The first-order valence-electron chi connectivity index (χ1n) is 12.5. The molecule has 9 nitrogen and oxygen atoms in total. The van der Waals surface area contributed by atoms with Crippen LogP contribution in [-0.4, -0.2) is 34.8 Å². The second-order valence-corrected chi connectivity index (χ2v) is 12.6. The summed E-state index contributed by atoms with van der Waals surface area (Å²) in [5.41, 5.74) is -3.48. The molecule has 0 aliphatic rings. The molecule has 0 amide bonds. The number of benzene rings is 3. The van der Waals surface area contributed by atoms with E-state index in [1.807, 2.05) is 36.6 Å². The van der Waals surface area contributed by atoms with E-state index < -0.39 is 21.4 Å². The minimum atomic E-state index is -5.94. The van der Waals surface area contributed by atoms with Gasteiger partial charge in [0.15, 0.2) is 10.1 Å². The average molecular weight is 648 g/mol. The predicted molar refractivity (Wildman–Crippen MR) is 155 cm³/mol. The lowest BCUT2D eigenvalue weighted by Crippen LogP contribution is -2.28. The van der Waals surface area contributed by atoms with E-state index in [0.717, 1.165) is 22.0 Å². The molecule has 0 saturated carbocycles. The number of alkyl halides is 3. The second kappa shape index (κ2) is 11.5. The van der Waals surface area contributed by atoms with E-state index in [2.05, 4.69) is 14.3 Å². The molecule has 0 bridgehead atoms. The molecule has 43 heavy (non-hydrogen) atoms. The van der Waals surface area contributed by atoms with Crippen LogP contribution in [-0.2, 0) is 23.3 Å². The number of aromatic nitrogens is 3. The van der Waals surface area contributed by atoms with Gasteiger partial charge < -0.3 is 18.1 Å². The molecule has 3 heterocycles. The van der Waals surface area contributed by atoms with Crippen LogP contribution in [0.2, 0.25) is 0 Å². The van der Waals surface area contributed by atoms with E-state index in [0.29, 0.717) is 34.0 Å². The van der Waals surface area contributed by atoms with Gasteiger partial charge in [0.25, 0.3) is 0 Å². The molecule has 0 unspecified atom stereocenters. The Bertz CT molecular complexity index is 1990. The smallest absolute Gasteiger partial charge is 0.489 e. The largest absolute Gasteiger partial charge is 0.534 e. The third-order valence-electron chi connectivity index (χ3n) is 6.06. The van der Waals surface area contributed by atoms with Crippen molar-refractivity contribution in [2.24, 2.45) is 0 Å². The highest BCUT2D eigenvalue weighted by molar-refractivity contribution is 8.00. The third kappa shape index (κ3) is 6.28. The monoisotopic (exact) mass is 647 g/mol. The number of imidazole rings is 1. The number of hydrogen-bond acceptors (Lipinski definition) is 10. The highest BCUT2D eigenvalue weighted by Gasteiger charge is 2.48. The SMILES string of the molecule is CSc1nn2cc(-c3cc4c(OCc5cccc(OCc6ccccc6)c5)cc(OS(=O)(=O)C(F)(F)F)cc4o3)nc2s1. The molecule has 0 fully saturated rings. The van der Waals surface area contributed by atoms with Crippen LogP contribution >= 0.6 is 23.1 Å². The molecule has 0 N–H and O–H groups in total. The van der Waals surface area contributed by atoms with Crippen molar-refractivity contribution in [3.63, 3.8) is 0 Å². The Balaban J connectivity index is 1.30. The van der Waals surface area contributed by atoms with Crippen molar-refractivity contribution in [3.05, 3.63) is 90.1 Å². The van der Waals surface area contributed by atoms with Crippen LogP contribution in [0.3, 0.4) is 0 Å². The Morgan fingerprint density at radius 1 is 0.953 bits per heavy atom. The fourth-order valence-corrected chi connectivity index (χ4v) is 5.85. The van der Waals surface area contributed by atoms with Crippen LogP contribution in [0.1, 0.15) is 11.1 Å². The van der Waals surface area contributed by atoms with Gasteiger partial charge in [-0.3, -0.25) is 0 Å². The summed E-state index contributed by atoms with van der Waals surface area (Å²) in [6.07, 6.45) is 3.54. The standard InChI is InChI=1S/C28H20F3N3O6S3/c1-41-27-33-34-14-22(32-26(34)42-27)25-13-21-23(11-20(12-24(21)39-25)40-43(35,36)28(29,30)31)38-16-18-8-5-9-19(10-18)37-15-17-6-3-2-4-7-17/h2-14H,15-16H2,1H3. The fourth-order valence-electron chi connectivity index (χ4n) is 4.06. The second-order valence-electron chi connectivity index (χ2n) is 9.06. The van der Waals surface area contributed by atoms with E-state index in [1.165, 1.54) is 23.1 Å². The summed E-state index contributed by atoms with van der Waals surface area (Å²) in [7, 11) is -5.94. The van der Waals surface area contributed by atoms with Gasteiger partial charge in [-0.25, -0.2) is 9.50 Å². The van der Waals surface area contributed by atoms with Crippen molar-refractivity contribution in [2.75, 3.05) is 6.26 Å². The molecule has 15 heteroatoms. The predicted octanol–water partition coefficient (Wildman–Crippen LogP) is 7.31. The van der Waals surface area contributed by atoms with E-state index >= 15 is 0 Å². The molecular weight excluding hydrogens is 628 g/mol. The summed E-state index contributed by atoms with van der Waals surface area (Å²) in [6.45, 7) is 0.339. The van der Waals surface area contributed by atoms with Gasteiger partial charge >= 0.3 is 15.6 Å². The summed E-state index contributed by atoms with van der Waals surface area (Å²) in [5, 5.41) is 4.77. The number of halogens is 3. The van der Waals surface area contributed by atoms with Gasteiger partial charge in [-0.15, -0.1) is 5.10 Å². The Kier molecular flexibility index (Phi) is 7.70. The molecule has 0 radical (unpaired) electrons. The molecule has 3 aromatic heterocycles. The maximum atomic E-state index is 13.1. The van der Waals surface area contributed by atoms with Crippen molar-refractivity contribution in [1.82, 2.24) is 14.6 Å². The Morgan fingerprint density at radius 2 is 1.72 bits per heavy atom. The van der Waals surface area contributed by atoms with Crippen molar-refractivity contribution in [2.45, 2.75) is 23.1 Å². The van der Waals surface area contributed by atoms with Crippen LogP contribution < -0.4 is 13.7 Å². The fraction of sp³-hybridized carbons (Fsp3) is 0.143. The van der Waals surface area contributed by atoms with Crippen molar-refractivity contribution < 1.29 is 39.7 Å². The minimum Gasteiger partial charge on any atom is -0.489 e. The number of fused-ring (bicyclic) bond motifs is 2. The molecule has 3 aromatic carbocycles. The third-order valence-corrected chi connectivity index (χ3v) is 8.93. The van der Waals surface area contributed by atoms with Crippen molar-refractivity contribution in [3.8, 4) is 28.7 Å². The zero-order chi connectivity index (χ0) is 30.2. The number of furan rings is 1. The van der Waals surface area contributed by atoms with Crippen LogP contribution in [0.4, 0.5) is 13.2 Å². The normalized spacial score (nSPS) is 12.2. The number of hydrogen-bond donors (Lipinski definition) is 0. The molecule has 6 aromatic rings.